The van der Waals surface area contributed by atoms with Gasteiger partial charge in [-0.05, 0) is 49.1 Å². The predicted octanol–water partition coefficient (Wildman–Crippen LogP) is 2.76. The summed E-state index contributed by atoms with van der Waals surface area (Å²) in [5.74, 6) is 9.52. The summed E-state index contributed by atoms with van der Waals surface area (Å²) in [6, 6.07) is 8.04. The molecule has 110 valence electrons. The van der Waals surface area contributed by atoms with Crippen LogP contribution in [0.1, 0.15) is 25.7 Å². The van der Waals surface area contributed by atoms with Crippen LogP contribution in [0.25, 0.3) is 10.9 Å². The molecular weight excluding hydrogens is 262 g/mol. The normalized spacial score (nSPS) is 27.2. The summed E-state index contributed by atoms with van der Waals surface area (Å²) in [5, 5.41) is 4.60. The van der Waals surface area contributed by atoms with Gasteiger partial charge < -0.3 is 5.32 Å². The fourth-order valence-corrected chi connectivity index (χ4v) is 4.13. The molecule has 1 aromatic carbocycles. The van der Waals surface area contributed by atoms with Crippen LogP contribution in [0.15, 0.2) is 24.3 Å². The average molecular weight is 283 g/mol. The Morgan fingerprint density at radius 1 is 1.14 bits per heavy atom. The van der Waals surface area contributed by atoms with Crippen LogP contribution in [-0.4, -0.2) is 16.5 Å². The Morgan fingerprint density at radius 3 is 2.81 bits per heavy atom. The number of anilines is 2. The fraction of sp³-hybridized carbons (Fsp3) is 0.500. The van der Waals surface area contributed by atoms with E-state index < -0.39 is 0 Å². The van der Waals surface area contributed by atoms with Gasteiger partial charge in [0.1, 0.15) is 5.82 Å². The lowest BCUT2D eigenvalue weighted by Gasteiger charge is -2.22. The number of benzene rings is 1. The van der Waals surface area contributed by atoms with E-state index in [1.807, 2.05) is 18.2 Å². The van der Waals surface area contributed by atoms with Crippen LogP contribution in [-0.2, 0) is 0 Å². The largest absolute Gasteiger partial charge is 0.369 e. The van der Waals surface area contributed by atoms with E-state index in [-0.39, 0.29) is 0 Å². The first-order chi connectivity index (χ1) is 10.3. The van der Waals surface area contributed by atoms with Gasteiger partial charge in [-0.3, -0.25) is 5.43 Å². The van der Waals surface area contributed by atoms with Crippen LogP contribution in [0, 0.1) is 17.8 Å². The van der Waals surface area contributed by atoms with Crippen molar-refractivity contribution >= 4 is 22.7 Å². The standard InChI is InChI=1S/C16H21N5/c17-21-16-19-14-4-2-1-3-13(14)15(20-16)18-9-12-8-10-5-6-11(12)7-10/h1-4,10-12H,5-9,17H2,(H2,18,19,20,21). The average Bonchev–Trinajstić information content (AvgIpc) is 3.15. The van der Waals surface area contributed by atoms with Crippen molar-refractivity contribution in [2.75, 3.05) is 17.3 Å². The van der Waals surface area contributed by atoms with Crippen molar-refractivity contribution in [1.29, 1.82) is 0 Å². The Labute approximate surface area is 124 Å². The van der Waals surface area contributed by atoms with E-state index >= 15 is 0 Å². The Balaban J connectivity index is 1.57. The molecule has 2 fully saturated rings. The summed E-state index contributed by atoms with van der Waals surface area (Å²) in [6.45, 7) is 1.01. The maximum absolute atomic E-state index is 5.47. The van der Waals surface area contributed by atoms with Crippen LogP contribution in [0.3, 0.4) is 0 Å². The molecule has 2 aromatic rings. The van der Waals surface area contributed by atoms with Crippen molar-refractivity contribution < 1.29 is 0 Å². The maximum Gasteiger partial charge on any atom is 0.239 e. The number of nitrogens with zero attached hydrogens (tertiary/aromatic N) is 2. The molecule has 0 aliphatic heterocycles. The minimum atomic E-state index is 0.462. The Hall–Kier alpha value is -1.88. The first kappa shape index (κ1) is 12.8. The molecule has 2 saturated carbocycles. The first-order valence-corrected chi connectivity index (χ1v) is 7.81. The van der Waals surface area contributed by atoms with E-state index in [1.54, 1.807) is 0 Å². The molecule has 4 N–H and O–H groups in total. The summed E-state index contributed by atoms with van der Waals surface area (Å²) in [5.41, 5.74) is 3.47. The van der Waals surface area contributed by atoms with Gasteiger partial charge in [0.05, 0.1) is 5.52 Å². The van der Waals surface area contributed by atoms with Gasteiger partial charge in [-0.2, -0.15) is 4.98 Å². The summed E-state index contributed by atoms with van der Waals surface area (Å²) in [7, 11) is 0. The van der Waals surface area contributed by atoms with Gasteiger partial charge in [-0.25, -0.2) is 10.8 Å². The van der Waals surface area contributed by atoms with E-state index in [0.29, 0.717) is 5.95 Å². The number of hydrogen-bond donors (Lipinski definition) is 3. The van der Waals surface area contributed by atoms with Gasteiger partial charge in [0.15, 0.2) is 0 Å². The van der Waals surface area contributed by atoms with Crippen LogP contribution < -0.4 is 16.6 Å². The zero-order chi connectivity index (χ0) is 14.2. The zero-order valence-corrected chi connectivity index (χ0v) is 12.0. The van der Waals surface area contributed by atoms with E-state index in [4.69, 9.17) is 5.84 Å². The van der Waals surface area contributed by atoms with Gasteiger partial charge >= 0.3 is 0 Å². The molecule has 2 aliphatic carbocycles. The van der Waals surface area contributed by atoms with Gasteiger partial charge in [-0.15, -0.1) is 0 Å². The van der Waals surface area contributed by atoms with Crippen molar-refractivity contribution in [2.45, 2.75) is 25.7 Å². The summed E-state index contributed by atoms with van der Waals surface area (Å²) in [4.78, 5) is 8.87. The molecule has 5 nitrogen and oxygen atoms in total. The third-order valence-electron chi connectivity index (χ3n) is 5.15. The van der Waals surface area contributed by atoms with Gasteiger partial charge in [0, 0.05) is 11.9 Å². The number of nitrogens with two attached hydrogens (primary N) is 1. The molecule has 1 heterocycles. The zero-order valence-electron chi connectivity index (χ0n) is 12.0. The highest BCUT2D eigenvalue weighted by Crippen LogP contribution is 2.48. The highest BCUT2D eigenvalue weighted by atomic mass is 15.3. The smallest absolute Gasteiger partial charge is 0.239 e. The van der Waals surface area contributed by atoms with Gasteiger partial charge in [0.25, 0.3) is 0 Å². The van der Waals surface area contributed by atoms with Gasteiger partial charge in [0.2, 0.25) is 5.95 Å². The minimum Gasteiger partial charge on any atom is -0.369 e. The summed E-state index contributed by atoms with van der Waals surface area (Å²) >= 11 is 0. The molecule has 0 spiro atoms. The van der Waals surface area contributed by atoms with Crippen molar-refractivity contribution in [2.24, 2.45) is 23.6 Å². The molecule has 0 radical (unpaired) electrons. The number of fused-ring (bicyclic) bond motifs is 3. The number of hydrazine groups is 1. The number of para-hydroxylation sites is 1. The highest BCUT2D eigenvalue weighted by Gasteiger charge is 2.39. The van der Waals surface area contributed by atoms with Crippen LogP contribution in [0.2, 0.25) is 0 Å². The lowest BCUT2D eigenvalue weighted by molar-refractivity contribution is 0.348. The lowest BCUT2D eigenvalue weighted by Crippen LogP contribution is -2.21. The molecule has 0 amide bonds. The van der Waals surface area contributed by atoms with Crippen LogP contribution in [0.4, 0.5) is 11.8 Å². The third-order valence-corrected chi connectivity index (χ3v) is 5.15. The molecule has 5 heteroatoms. The molecule has 1 aromatic heterocycles. The van der Waals surface area contributed by atoms with Crippen molar-refractivity contribution in [3.8, 4) is 0 Å². The molecule has 4 rings (SSSR count). The molecule has 21 heavy (non-hydrogen) atoms. The van der Waals surface area contributed by atoms with Crippen molar-refractivity contribution in [3.63, 3.8) is 0 Å². The van der Waals surface area contributed by atoms with E-state index in [0.717, 1.165) is 41.0 Å². The molecule has 2 bridgehead atoms. The summed E-state index contributed by atoms with van der Waals surface area (Å²) in [6.07, 6.45) is 5.67. The Morgan fingerprint density at radius 2 is 2.05 bits per heavy atom. The Bertz CT molecular complexity index is 656. The molecule has 3 atom stereocenters. The van der Waals surface area contributed by atoms with Crippen LogP contribution in [0.5, 0.6) is 0 Å². The predicted molar refractivity (Wildman–Crippen MR) is 84.8 cm³/mol. The van der Waals surface area contributed by atoms with E-state index in [1.165, 1.54) is 25.7 Å². The quantitative estimate of drug-likeness (QED) is 0.594. The first-order valence-electron chi connectivity index (χ1n) is 7.81. The fourth-order valence-electron chi connectivity index (χ4n) is 4.13. The summed E-state index contributed by atoms with van der Waals surface area (Å²) < 4.78 is 0. The number of nitrogen functional groups attached to an aromatic ring is 1. The number of aromatic nitrogens is 2. The lowest BCUT2D eigenvalue weighted by atomic mass is 9.89. The maximum atomic E-state index is 5.47. The molecular formula is C16H21N5. The second-order valence-corrected chi connectivity index (χ2v) is 6.37. The molecule has 3 unspecified atom stereocenters. The Kier molecular flexibility index (Phi) is 3.15. The van der Waals surface area contributed by atoms with E-state index in [2.05, 4.69) is 26.8 Å². The van der Waals surface area contributed by atoms with Crippen LogP contribution >= 0.6 is 0 Å². The van der Waals surface area contributed by atoms with E-state index in [9.17, 15) is 0 Å². The van der Waals surface area contributed by atoms with Crippen molar-refractivity contribution in [3.05, 3.63) is 24.3 Å². The minimum absolute atomic E-state index is 0.462. The monoisotopic (exact) mass is 283 g/mol. The second kappa shape index (κ2) is 5.15. The SMILES string of the molecule is NNc1nc(NCC2CC3CCC2C3)c2ccccc2n1. The van der Waals surface area contributed by atoms with Gasteiger partial charge in [-0.1, -0.05) is 18.6 Å². The highest BCUT2D eigenvalue weighted by molar-refractivity contribution is 5.89. The number of rotatable bonds is 4. The molecule has 0 saturated heterocycles. The topological polar surface area (TPSA) is 75.9 Å². The third kappa shape index (κ3) is 2.31. The van der Waals surface area contributed by atoms with Crippen molar-refractivity contribution in [1.82, 2.24) is 9.97 Å². The number of hydrogen-bond acceptors (Lipinski definition) is 5. The number of nitrogens with one attached hydrogen (secondary N) is 2. The second-order valence-electron chi connectivity index (χ2n) is 6.37. The molecule has 2 aliphatic rings.